The Bertz CT molecular complexity index is 847. The van der Waals surface area contributed by atoms with Crippen molar-refractivity contribution in [1.82, 2.24) is 9.88 Å². The Morgan fingerprint density at radius 2 is 1.88 bits per heavy atom. The summed E-state index contributed by atoms with van der Waals surface area (Å²) < 4.78 is 0. The first-order chi connectivity index (χ1) is 12.1. The number of benzene rings is 1. The Kier molecular flexibility index (Phi) is 3.99. The fourth-order valence-corrected chi connectivity index (χ4v) is 3.79. The van der Waals surface area contributed by atoms with E-state index in [1.807, 2.05) is 36.4 Å². The number of nitrogens with one attached hydrogen (secondary N) is 1. The van der Waals surface area contributed by atoms with Crippen molar-refractivity contribution in [3.8, 4) is 0 Å². The van der Waals surface area contributed by atoms with Crippen LogP contribution in [0.25, 0.3) is 0 Å². The van der Waals surface area contributed by atoms with E-state index < -0.39 is 6.04 Å². The molecule has 1 atom stereocenters. The number of fused-ring (bicyclic) bond motifs is 2. The van der Waals surface area contributed by atoms with Crippen LogP contribution in [0.1, 0.15) is 35.7 Å². The number of nitrogens with zero attached hydrogens (tertiary/aromatic N) is 2. The van der Waals surface area contributed by atoms with Gasteiger partial charge in [-0.1, -0.05) is 30.3 Å². The Morgan fingerprint density at radius 3 is 2.68 bits per heavy atom. The van der Waals surface area contributed by atoms with Crippen molar-refractivity contribution in [1.29, 1.82) is 0 Å². The van der Waals surface area contributed by atoms with Gasteiger partial charge in [0.2, 0.25) is 11.8 Å². The Balaban J connectivity index is 1.56. The smallest absolute Gasteiger partial charge is 0.248 e. The number of aryl methyl sites for hydroxylation is 2. The van der Waals surface area contributed by atoms with Crippen LogP contribution < -0.4 is 5.32 Å². The Hall–Kier alpha value is -2.69. The molecule has 1 unspecified atom stereocenters. The Labute approximate surface area is 147 Å². The predicted molar refractivity (Wildman–Crippen MR) is 95.0 cm³/mol. The SMILES string of the molecule is CC(=O)N1Cc2ccccc2CC1C(=O)Nc1ccc2c(n1)CCC2. The number of carbonyl (C=O) groups excluding carboxylic acids is 2. The van der Waals surface area contributed by atoms with Crippen molar-refractivity contribution >= 4 is 17.6 Å². The van der Waals surface area contributed by atoms with E-state index >= 15 is 0 Å². The topological polar surface area (TPSA) is 62.3 Å². The van der Waals surface area contributed by atoms with Crippen molar-refractivity contribution in [3.05, 3.63) is 58.8 Å². The number of carbonyl (C=O) groups is 2. The molecule has 1 aromatic carbocycles. The van der Waals surface area contributed by atoms with Crippen LogP contribution in [-0.4, -0.2) is 27.7 Å². The minimum absolute atomic E-state index is 0.0865. The lowest BCUT2D eigenvalue weighted by atomic mass is 9.93. The summed E-state index contributed by atoms with van der Waals surface area (Å²) in [6.45, 7) is 1.99. The lowest BCUT2D eigenvalue weighted by Crippen LogP contribution is -2.50. The summed E-state index contributed by atoms with van der Waals surface area (Å²) in [5, 5.41) is 2.91. The van der Waals surface area contributed by atoms with Gasteiger partial charge in [-0.3, -0.25) is 9.59 Å². The zero-order chi connectivity index (χ0) is 17.4. The summed E-state index contributed by atoms with van der Waals surface area (Å²) in [4.78, 5) is 31.1. The maximum Gasteiger partial charge on any atom is 0.248 e. The molecule has 0 spiro atoms. The van der Waals surface area contributed by atoms with Gasteiger partial charge in [0.05, 0.1) is 0 Å². The number of hydrogen-bond acceptors (Lipinski definition) is 3. The predicted octanol–water partition coefficient (Wildman–Crippen LogP) is 2.48. The fraction of sp³-hybridized carbons (Fsp3) is 0.350. The van der Waals surface area contributed by atoms with Gasteiger partial charge in [-0.15, -0.1) is 0 Å². The van der Waals surface area contributed by atoms with Gasteiger partial charge in [0.1, 0.15) is 11.9 Å². The summed E-state index contributed by atoms with van der Waals surface area (Å²) >= 11 is 0. The fourth-order valence-electron chi connectivity index (χ4n) is 3.79. The van der Waals surface area contributed by atoms with Crippen LogP contribution in [0.4, 0.5) is 5.82 Å². The van der Waals surface area contributed by atoms with E-state index in [4.69, 9.17) is 0 Å². The van der Waals surface area contributed by atoms with Gasteiger partial charge < -0.3 is 10.2 Å². The van der Waals surface area contributed by atoms with Crippen LogP contribution >= 0.6 is 0 Å². The molecule has 2 heterocycles. The molecule has 4 rings (SSSR count). The quantitative estimate of drug-likeness (QED) is 0.917. The van der Waals surface area contributed by atoms with Crippen molar-refractivity contribution < 1.29 is 9.59 Å². The molecule has 1 aliphatic heterocycles. The van der Waals surface area contributed by atoms with E-state index in [0.29, 0.717) is 18.8 Å². The van der Waals surface area contributed by atoms with Crippen LogP contribution in [0.2, 0.25) is 0 Å². The molecule has 5 nitrogen and oxygen atoms in total. The van der Waals surface area contributed by atoms with Gasteiger partial charge in [-0.2, -0.15) is 0 Å². The number of rotatable bonds is 2. The molecule has 1 aromatic heterocycles. The monoisotopic (exact) mass is 335 g/mol. The molecular formula is C20H21N3O2. The lowest BCUT2D eigenvalue weighted by Gasteiger charge is -2.35. The van der Waals surface area contributed by atoms with Gasteiger partial charge in [0.25, 0.3) is 0 Å². The molecule has 0 saturated heterocycles. The van der Waals surface area contributed by atoms with Gasteiger partial charge in [0, 0.05) is 25.6 Å². The van der Waals surface area contributed by atoms with Crippen molar-refractivity contribution in [2.45, 2.75) is 45.2 Å². The lowest BCUT2D eigenvalue weighted by molar-refractivity contribution is -0.138. The highest BCUT2D eigenvalue weighted by Crippen LogP contribution is 2.25. The van der Waals surface area contributed by atoms with Crippen molar-refractivity contribution in [2.75, 3.05) is 5.32 Å². The molecule has 1 aliphatic carbocycles. The van der Waals surface area contributed by atoms with E-state index in [1.165, 1.54) is 12.5 Å². The van der Waals surface area contributed by atoms with E-state index in [0.717, 1.165) is 36.1 Å². The second kappa shape index (κ2) is 6.31. The van der Waals surface area contributed by atoms with Crippen molar-refractivity contribution in [3.63, 3.8) is 0 Å². The van der Waals surface area contributed by atoms with E-state index in [-0.39, 0.29) is 11.8 Å². The first-order valence-electron chi connectivity index (χ1n) is 8.75. The van der Waals surface area contributed by atoms with Gasteiger partial charge in [-0.05, 0) is 42.0 Å². The summed E-state index contributed by atoms with van der Waals surface area (Å²) in [6.07, 6.45) is 3.69. The van der Waals surface area contributed by atoms with E-state index in [2.05, 4.69) is 10.3 Å². The molecular weight excluding hydrogens is 314 g/mol. The van der Waals surface area contributed by atoms with Gasteiger partial charge >= 0.3 is 0 Å². The van der Waals surface area contributed by atoms with Gasteiger partial charge in [-0.25, -0.2) is 4.98 Å². The largest absolute Gasteiger partial charge is 0.326 e. The average molecular weight is 335 g/mol. The normalized spacial score (nSPS) is 18.4. The van der Waals surface area contributed by atoms with Crippen molar-refractivity contribution in [2.24, 2.45) is 0 Å². The summed E-state index contributed by atoms with van der Waals surface area (Å²) in [6, 6.07) is 11.4. The maximum absolute atomic E-state index is 12.8. The second-order valence-corrected chi connectivity index (χ2v) is 6.78. The van der Waals surface area contributed by atoms with Crippen LogP contribution in [0, 0.1) is 0 Å². The molecule has 2 amide bonds. The summed E-state index contributed by atoms with van der Waals surface area (Å²) in [5.41, 5.74) is 4.59. The van der Waals surface area contributed by atoms with E-state index in [9.17, 15) is 9.59 Å². The number of pyridine rings is 1. The van der Waals surface area contributed by atoms with Crippen LogP contribution in [-0.2, 0) is 35.4 Å². The zero-order valence-electron chi connectivity index (χ0n) is 14.3. The summed E-state index contributed by atoms with van der Waals surface area (Å²) in [7, 11) is 0. The number of aromatic nitrogens is 1. The van der Waals surface area contributed by atoms with Crippen LogP contribution in [0.15, 0.2) is 36.4 Å². The third kappa shape index (κ3) is 3.02. The third-order valence-electron chi connectivity index (χ3n) is 5.14. The highest BCUT2D eigenvalue weighted by molar-refractivity contribution is 5.96. The molecule has 2 aliphatic rings. The summed E-state index contributed by atoms with van der Waals surface area (Å²) in [5.74, 6) is 0.319. The minimum Gasteiger partial charge on any atom is -0.326 e. The second-order valence-electron chi connectivity index (χ2n) is 6.78. The molecule has 25 heavy (non-hydrogen) atoms. The maximum atomic E-state index is 12.8. The number of amides is 2. The van der Waals surface area contributed by atoms with Crippen LogP contribution in [0.5, 0.6) is 0 Å². The molecule has 0 saturated carbocycles. The average Bonchev–Trinajstić information content (AvgIpc) is 3.08. The first-order valence-corrected chi connectivity index (χ1v) is 8.75. The first kappa shape index (κ1) is 15.8. The standard InChI is InChI=1S/C20H21N3O2/c1-13(24)23-12-16-6-3-2-5-15(16)11-18(23)20(25)22-19-10-9-14-7-4-8-17(14)21-19/h2-3,5-6,9-10,18H,4,7-8,11-12H2,1H3,(H,21,22,25). The number of hydrogen-bond donors (Lipinski definition) is 1. The molecule has 0 fully saturated rings. The molecule has 5 heteroatoms. The number of anilines is 1. The molecule has 2 aromatic rings. The zero-order valence-corrected chi connectivity index (χ0v) is 14.3. The molecule has 1 N–H and O–H groups in total. The third-order valence-corrected chi connectivity index (χ3v) is 5.14. The highest BCUT2D eigenvalue weighted by Gasteiger charge is 2.33. The van der Waals surface area contributed by atoms with Gasteiger partial charge in [0.15, 0.2) is 0 Å². The minimum atomic E-state index is -0.498. The van der Waals surface area contributed by atoms with Crippen LogP contribution in [0.3, 0.4) is 0 Å². The molecule has 128 valence electrons. The Morgan fingerprint density at radius 1 is 1.08 bits per heavy atom. The molecule has 0 bridgehead atoms. The highest BCUT2D eigenvalue weighted by atomic mass is 16.2. The van der Waals surface area contributed by atoms with E-state index in [1.54, 1.807) is 4.90 Å². The molecule has 0 radical (unpaired) electrons.